The predicted molar refractivity (Wildman–Crippen MR) is 93.1 cm³/mol. The highest BCUT2D eigenvalue weighted by atomic mass is 17.0. The van der Waals surface area contributed by atoms with Gasteiger partial charge in [-0.2, -0.15) is 0 Å². The van der Waals surface area contributed by atoms with Gasteiger partial charge in [0.15, 0.2) is 0 Å². The largest absolute Gasteiger partial charge is 0.370 e. The highest BCUT2D eigenvalue weighted by Crippen LogP contribution is 2.33. The molecular weight excluding hydrogens is 308 g/mol. The van der Waals surface area contributed by atoms with Gasteiger partial charge in [-0.3, -0.25) is 4.48 Å². The first kappa shape index (κ1) is 16.7. The molecule has 1 aliphatic heterocycles. The Morgan fingerprint density at radius 2 is 1.92 bits per heavy atom. The number of hydrogen-bond donors (Lipinski definition) is 0. The van der Waals surface area contributed by atoms with Gasteiger partial charge in [0.25, 0.3) is 0 Å². The van der Waals surface area contributed by atoms with Gasteiger partial charge in [-0.05, 0) is 29.3 Å². The highest BCUT2D eigenvalue weighted by Gasteiger charge is 2.43. The zero-order chi connectivity index (χ0) is 17.0. The molecule has 0 spiro atoms. The molecule has 1 atom stereocenters. The van der Waals surface area contributed by atoms with E-state index in [0.29, 0.717) is 37.2 Å². The summed E-state index contributed by atoms with van der Waals surface area (Å²) in [6, 6.07) is 14.4. The normalized spacial score (nSPS) is 18.2. The van der Waals surface area contributed by atoms with Gasteiger partial charge in [0, 0.05) is 12.5 Å². The average Bonchev–Trinajstić information content (AvgIpc) is 2.61. The van der Waals surface area contributed by atoms with E-state index in [4.69, 9.17) is 9.57 Å². The van der Waals surface area contributed by atoms with Gasteiger partial charge in [-0.15, -0.1) is 10.1 Å². The van der Waals surface area contributed by atoms with Gasteiger partial charge in [0.1, 0.15) is 18.8 Å². The summed E-state index contributed by atoms with van der Waals surface area (Å²) >= 11 is 0. The Labute approximate surface area is 141 Å². The van der Waals surface area contributed by atoms with Gasteiger partial charge in [-0.1, -0.05) is 31.2 Å². The molecule has 1 saturated heterocycles. The Morgan fingerprint density at radius 1 is 1.21 bits per heavy atom. The second-order valence-corrected chi connectivity index (χ2v) is 6.20. The summed E-state index contributed by atoms with van der Waals surface area (Å²) in [6.45, 7) is 4.53. The van der Waals surface area contributed by atoms with Gasteiger partial charge < -0.3 is 4.74 Å². The summed E-state index contributed by atoms with van der Waals surface area (Å²) in [4.78, 5) is 16.2. The van der Waals surface area contributed by atoms with Crippen molar-refractivity contribution >= 4 is 16.5 Å². The quantitative estimate of drug-likeness (QED) is 0.462. The van der Waals surface area contributed by atoms with Crippen molar-refractivity contribution in [3.63, 3.8) is 0 Å². The molecule has 0 aliphatic carbocycles. The van der Waals surface area contributed by atoms with Crippen LogP contribution >= 0.6 is 0 Å². The van der Waals surface area contributed by atoms with E-state index >= 15 is 0 Å². The SMILES string of the molecule is CCCC(O[N+](=O)[O-])[N+]1(c2ccc3ccccc3c2)CCOCC1. The molecular formula is C18H23N2O4+. The molecule has 1 heterocycles. The molecule has 1 aliphatic rings. The molecule has 0 aromatic heterocycles. The number of hydrogen-bond acceptors (Lipinski definition) is 4. The minimum absolute atomic E-state index is 0.444. The molecule has 0 amide bonds. The van der Waals surface area contributed by atoms with Crippen LogP contribution in [0.3, 0.4) is 0 Å². The molecule has 0 radical (unpaired) electrons. The van der Waals surface area contributed by atoms with E-state index in [-0.39, 0.29) is 0 Å². The molecule has 0 N–H and O–H groups in total. The zero-order valence-electron chi connectivity index (χ0n) is 13.9. The Balaban J connectivity index is 2.06. The van der Waals surface area contributed by atoms with E-state index in [1.165, 1.54) is 0 Å². The van der Waals surface area contributed by atoms with E-state index in [1.807, 2.05) is 19.1 Å². The second-order valence-electron chi connectivity index (χ2n) is 6.20. The van der Waals surface area contributed by atoms with Crippen LogP contribution in [0.2, 0.25) is 0 Å². The first-order valence-corrected chi connectivity index (χ1v) is 8.41. The molecule has 3 rings (SSSR count). The topological polar surface area (TPSA) is 61.6 Å². The molecule has 0 saturated carbocycles. The van der Waals surface area contributed by atoms with Crippen LogP contribution in [0.15, 0.2) is 42.5 Å². The Bertz CT molecular complexity index is 713. The predicted octanol–water partition coefficient (Wildman–Crippen LogP) is 3.51. The number of morpholine rings is 1. The fourth-order valence-electron chi connectivity index (χ4n) is 3.57. The minimum Gasteiger partial charge on any atom is -0.370 e. The van der Waals surface area contributed by atoms with Gasteiger partial charge >= 0.3 is 5.09 Å². The number of nitrogens with zero attached hydrogens (tertiary/aromatic N) is 2. The lowest BCUT2D eigenvalue weighted by molar-refractivity contribution is -0.774. The number of rotatable bonds is 6. The molecule has 2 aromatic rings. The van der Waals surface area contributed by atoms with Crippen LogP contribution in [0.25, 0.3) is 10.8 Å². The van der Waals surface area contributed by atoms with Gasteiger partial charge in [-0.25, -0.2) is 4.84 Å². The third-order valence-corrected chi connectivity index (χ3v) is 4.81. The van der Waals surface area contributed by atoms with Crippen LogP contribution < -0.4 is 4.48 Å². The maximum Gasteiger partial charge on any atom is 0.300 e. The van der Waals surface area contributed by atoms with Gasteiger partial charge in [0.05, 0.1) is 13.2 Å². The van der Waals surface area contributed by atoms with Gasteiger partial charge in [0.2, 0.25) is 6.23 Å². The second kappa shape index (κ2) is 7.15. The summed E-state index contributed by atoms with van der Waals surface area (Å²) in [7, 11) is 0. The number of fused-ring (bicyclic) bond motifs is 1. The molecule has 1 unspecified atom stereocenters. The Hall–Kier alpha value is -2.18. The summed E-state index contributed by atoms with van der Waals surface area (Å²) in [5, 5.41) is 12.7. The third-order valence-electron chi connectivity index (χ3n) is 4.81. The molecule has 128 valence electrons. The number of ether oxygens (including phenoxy) is 1. The minimum atomic E-state index is -0.656. The van der Waals surface area contributed by atoms with Crippen LogP contribution in [-0.4, -0.2) is 37.6 Å². The third kappa shape index (κ3) is 3.20. The first-order chi connectivity index (χ1) is 11.7. The lowest BCUT2D eigenvalue weighted by atomic mass is 10.1. The summed E-state index contributed by atoms with van der Waals surface area (Å²) in [5.74, 6) is 0. The Kier molecular flexibility index (Phi) is 4.97. The Morgan fingerprint density at radius 3 is 2.58 bits per heavy atom. The molecule has 6 nitrogen and oxygen atoms in total. The maximum absolute atomic E-state index is 11.1. The van der Waals surface area contributed by atoms with Crippen LogP contribution in [0.1, 0.15) is 19.8 Å². The maximum atomic E-state index is 11.1. The molecule has 0 bridgehead atoms. The van der Waals surface area contributed by atoms with E-state index in [9.17, 15) is 10.1 Å². The van der Waals surface area contributed by atoms with E-state index in [2.05, 4.69) is 30.3 Å². The number of benzene rings is 2. The van der Waals surface area contributed by atoms with Crippen molar-refractivity contribution in [2.24, 2.45) is 0 Å². The van der Waals surface area contributed by atoms with Crippen molar-refractivity contribution in [2.75, 3.05) is 26.3 Å². The summed E-state index contributed by atoms with van der Waals surface area (Å²) in [5.41, 5.74) is 1.05. The fraction of sp³-hybridized carbons (Fsp3) is 0.444. The molecule has 1 fully saturated rings. The smallest absolute Gasteiger partial charge is 0.300 e. The summed E-state index contributed by atoms with van der Waals surface area (Å²) < 4.78 is 5.97. The lowest BCUT2D eigenvalue weighted by Crippen LogP contribution is -2.63. The zero-order valence-corrected chi connectivity index (χ0v) is 13.9. The fourth-order valence-corrected chi connectivity index (χ4v) is 3.57. The first-order valence-electron chi connectivity index (χ1n) is 8.41. The monoisotopic (exact) mass is 331 g/mol. The van der Waals surface area contributed by atoms with Crippen molar-refractivity contribution in [3.8, 4) is 0 Å². The van der Waals surface area contributed by atoms with Crippen LogP contribution in [0.5, 0.6) is 0 Å². The van der Waals surface area contributed by atoms with Crippen LogP contribution in [0.4, 0.5) is 5.69 Å². The molecule has 2 aromatic carbocycles. The standard InChI is InChI=1S/C18H23N2O4/c1-2-5-18(24-19(21)22)20(10-12-23-13-11-20)17-9-8-15-6-3-4-7-16(15)14-17/h3-4,6-9,14,18H,2,5,10-13H2,1H3/q+1. The number of quaternary nitrogens is 1. The lowest BCUT2D eigenvalue weighted by Gasteiger charge is -2.45. The van der Waals surface area contributed by atoms with E-state index < -0.39 is 11.3 Å². The van der Waals surface area contributed by atoms with Crippen molar-refractivity contribution in [1.82, 2.24) is 4.48 Å². The van der Waals surface area contributed by atoms with Crippen molar-refractivity contribution in [2.45, 2.75) is 26.0 Å². The summed E-state index contributed by atoms with van der Waals surface area (Å²) in [6.07, 6.45) is 0.955. The van der Waals surface area contributed by atoms with Crippen LogP contribution in [0, 0.1) is 10.1 Å². The van der Waals surface area contributed by atoms with Crippen LogP contribution in [-0.2, 0) is 9.57 Å². The van der Waals surface area contributed by atoms with E-state index in [0.717, 1.165) is 22.9 Å². The van der Waals surface area contributed by atoms with Crippen molar-refractivity contribution < 1.29 is 14.7 Å². The molecule has 6 heteroatoms. The molecule has 24 heavy (non-hydrogen) atoms. The van der Waals surface area contributed by atoms with E-state index in [1.54, 1.807) is 0 Å². The highest BCUT2D eigenvalue weighted by molar-refractivity contribution is 5.85. The van der Waals surface area contributed by atoms with Crippen molar-refractivity contribution in [1.29, 1.82) is 0 Å². The van der Waals surface area contributed by atoms with Crippen molar-refractivity contribution in [3.05, 3.63) is 52.6 Å². The average molecular weight is 331 g/mol.